The number of carbonyl (C=O) groups excluding carboxylic acids is 1. The number of fused-ring (bicyclic) bond motifs is 2. The normalized spacial score (nSPS) is 16.7. The van der Waals surface area contributed by atoms with Gasteiger partial charge in [-0.3, -0.25) is 9.59 Å². The first-order chi connectivity index (χ1) is 15.5. The molecule has 1 heterocycles. The zero-order valence-electron chi connectivity index (χ0n) is 17.4. The van der Waals surface area contributed by atoms with E-state index in [-0.39, 0.29) is 18.2 Å². The third-order valence-electron chi connectivity index (χ3n) is 6.33. The van der Waals surface area contributed by atoms with Crippen LogP contribution in [0, 0.1) is 0 Å². The summed E-state index contributed by atoms with van der Waals surface area (Å²) in [4.78, 5) is 25.8. The number of hydrogen-bond acceptors (Lipinski definition) is 3. The predicted molar refractivity (Wildman–Crippen MR) is 122 cm³/mol. The van der Waals surface area contributed by atoms with Crippen molar-refractivity contribution in [2.45, 2.75) is 38.3 Å². The molecule has 1 aliphatic carbocycles. The minimum Gasteiger partial charge on any atom is -0.489 e. The van der Waals surface area contributed by atoms with Crippen molar-refractivity contribution in [3.63, 3.8) is 0 Å². The summed E-state index contributed by atoms with van der Waals surface area (Å²) < 4.78 is 6.09. The molecule has 0 fully saturated rings. The minimum absolute atomic E-state index is 0.0221. The smallest absolute Gasteiger partial charge is 0.303 e. The van der Waals surface area contributed by atoms with E-state index in [2.05, 4.69) is 0 Å². The van der Waals surface area contributed by atoms with Gasteiger partial charge in [0.05, 0.1) is 13.0 Å². The molecule has 6 heteroatoms. The van der Waals surface area contributed by atoms with Gasteiger partial charge in [0.25, 0.3) is 5.91 Å². The van der Waals surface area contributed by atoms with E-state index in [1.54, 1.807) is 17.0 Å². The number of carbonyl (C=O) groups is 2. The Kier molecular flexibility index (Phi) is 5.35. The molecule has 5 rings (SSSR count). The second kappa shape index (κ2) is 8.32. The van der Waals surface area contributed by atoms with Crippen molar-refractivity contribution in [2.24, 2.45) is 0 Å². The van der Waals surface area contributed by atoms with Gasteiger partial charge in [-0.1, -0.05) is 29.8 Å². The molecule has 2 aliphatic rings. The Bertz CT molecular complexity index is 1200. The van der Waals surface area contributed by atoms with E-state index >= 15 is 0 Å². The molecule has 3 aromatic carbocycles. The van der Waals surface area contributed by atoms with Crippen LogP contribution in [0.25, 0.3) is 0 Å². The second-order valence-electron chi connectivity index (χ2n) is 8.29. The summed E-state index contributed by atoms with van der Waals surface area (Å²) in [7, 11) is 0. The van der Waals surface area contributed by atoms with Crippen molar-refractivity contribution in [1.29, 1.82) is 0 Å². The molecule has 1 atom stereocenters. The topological polar surface area (TPSA) is 66.8 Å². The van der Waals surface area contributed by atoms with Crippen LogP contribution in [0.15, 0.2) is 60.7 Å². The third-order valence-corrected chi connectivity index (χ3v) is 6.59. The van der Waals surface area contributed by atoms with Crippen LogP contribution in [-0.4, -0.2) is 17.0 Å². The number of carboxylic acid groups (broad SMARTS) is 1. The number of ether oxygens (including phenoxy) is 1. The highest BCUT2D eigenvalue weighted by atomic mass is 35.5. The number of hydrogen-bond donors (Lipinski definition) is 1. The molecule has 0 radical (unpaired) electrons. The third kappa shape index (κ3) is 3.84. The standard InChI is InChI=1S/C26H22ClNO4/c27-19-6-8-20(9-7-19)28-14-24-18(2-1-3-23(24)26(28)31)15-32-21-10-11-22-16(12-21)4-5-17(22)13-25(29)30/h1-3,6-12,17H,4-5,13-15H2,(H,29,30). The average molecular weight is 448 g/mol. The van der Waals surface area contributed by atoms with Gasteiger partial charge in [-0.25, -0.2) is 0 Å². The molecule has 0 spiro atoms. The first-order valence-corrected chi connectivity index (χ1v) is 11.0. The Morgan fingerprint density at radius 1 is 1.12 bits per heavy atom. The lowest BCUT2D eigenvalue weighted by molar-refractivity contribution is -0.137. The molecule has 0 saturated heterocycles. The monoisotopic (exact) mass is 447 g/mol. The number of anilines is 1. The maximum absolute atomic E-state index is 13.0. The van der Waals surface area contributed by atoms with Crippen molar-refractivity contribution in [3.8, 4) is 5.75 Å². The van der Waals surface area contributed by atoms with Crippen LogP contribution in [-0.2, 0) is 24.4 Å². The van der Waals surface area contributed by atoms with E-state index in [0.29, 0.717) is 23.7 Å². The van der Waals surface area contributed by atoms with E-state index in [1.807, 2.05) is 48.5 Å². The molecule has 0 saturated carbocycles. The predicted octanol–water partition coefficient (Wildman–Crippen LogP) is 5.58. The maximum atomic E-state index is 13.0. The number of halogens is 1. The van der Waals surface area contributed by atoms with Crippen molar-refractivity contribution in [1.82, 2.24) is 0 Å². The Labute approximate surface area is 191 Å². The molecule has 0 bridgehead atoms. The zero-order chi connectivity index (χ0) is 22.2. The van der Waals surface area contributed by atoms with Crippen molar-refractivity contribution in [3.05, 3.63) is 93.5 Å². The number of carboxylic acids is 1. The van der Waals surface area contributed by atoms with Gasteiger partial charge in [-0.05, 0) is 83.5 Å². The number of aliphatic carboxylic acids is 1. The number of aryl methyl sites for hydroxylation is 1. The van der Waals surface area contributed by atoms with E-state index in [1.165, 1.54) is 0 Å². The maximum Gasteiger partial charge on any atom is 0.303 e. The van der Waals surface area contributed by atoms with Crippen molar-refractivity contribution in [2.75, 3.05) is 4.90 Å². The first kappa shape index (κ1) is 20.6. The fraction of sp³-hybridized carbons (Fsp3) is 0.231. The quantitative estimate of drug-likeness (QED) is 0.535. The molecule has 162 valence electrons. The molecular weight excluding hydrogens is 426 g/mol. The minimum atomic E-state index is -0.761. The van der Waals surface area contributed by atoms with Gasteiger partial charge in [-0.2, -0.15) is 0 Å². The van der Waals surface area contributed by atoms with Gasteiger partial charge in [0, 0.05) is 16.3 Å². The molecule has 1 aliphatic heterocycles. The number of benzene rings is 3. The van der Waals surface area contributed by atoms with Gasteiger partial charge in [-0.15, -0.1) is 0 Å². The van der Waals surface area contributed by atoms with Crippen LogP contribution >= 0.6 is 11.6 Å². The van der Waals surface area contributed by atoms with Gasteiger partial charge in [0.2, 0.25) is 0 Å². The summed E-state index contributed by atoms with van der Waals surface area (Å²) in [5.41, 5.74) is 5.76. The highest BCUT2D eigenvalue weighted by Crippen LogP contribution is 2.38. The fourth-order valence-electron chi connectivity index (χ4n) is 4.72. The van der Waals surface area contributed by atoms with Crippen LogP contribution in [0.1, 0.15) is 51.4 Å². The van der Waals surface area contributed by atoms with Crippen LogP contribution in [0.4, 0.5) is 5.69 Å². The lowest BCUT2D eigenvalue weighted by atomic mass is 9.98. The van der Waals surface area contributed by atoms with Gasteiger partial charge in [0.1, 0.15) is 12.4 Å². The molecule has 0 aromatic heterocycles. The van der Waals surface area contributed by atoms with E-state index < -0.39 is 5.97 Å². The number of rotatable bonds is 6. The van der Waals surface area contributed by atoms with Gasteiger partial charge >= 0.3 is 5.97 Å². The summed E-state index contributed by atoms with van der Waals surface area (Å²) in [6, 6.07) is 18.9. The van der Waals surface area contributed by atoms with E-state index in [4.69, 9.17) is 21.4 Å². The van der Waals surface area contributed by atoms with Crippen LogP contribution in [0.2, 0.25) is 5.02 Å². The first-order valence-electron chi connectivity index (χ1n) is 10.6. The molecule has 1 amide bonds. The van der Waals surface area contributed by atoms with Crippen molar-refractivity contribution < 1.29 is 19.4 Å². The average Bonchev–Trinajstić information content (AvgIpc) is 3.33. The number of nitrogens with zero attached hydrogens (tertiary/aromatic N) is 1. The highest BCUT2D eigenvalue weighted by molar-refractivity contribution is 6.30. The summed E-state index contributed by atoms with van der Waals surface area (Å²) in [5, 5.41) is 9.74. The lowest BCUT2D eigenvalue weighted by Gasteiger charge is -2.16. The van der Waals surface area contributed by atoms with Gasteiger partial charge < -0.3 is 14.7 Å². The molecule has 5 nitrogen and oxygen atoms in total. The highest BCUT2D eigenvalue weighted by Gasteiger charge is 2.30. The lowest BCUT2D eigenvalue weighted by Crippen LogP contribution is -2.22. The van der Waals surface area contributed by atoms with Crippen LogP contribution < -0.4 is 9.64 Å². The van der Waals surface area contributed by atoms with E-state index in [9.17, 15) is 9.59 Å². The molecule has 1 unspecified atom stereocenters. The SMILES string of the molecule is O=C(O)CC1CCc2cc(OCc3cccc4c3CN(c3ccc(Cl)cc3)C4=O)ccc21. The molecule has 3 aromatic rings. The summed E-state index contributed by atoms with van der Waals surface area (Å²) in [6.45, 7) is 0.860. The Morgan fingerprint density at radius 2 is 1.94 bits per heavy atom. The molecule has 32 heavy (non-hydrogen) atoms. The fourth-order valence-corrected chi connectivity index (χ4v) is 4.84. The molecular formula is C26H22ClNO4. The summed E-state index contributed by atoms with van der Waals surface area (Å²) in [5.74, 6) is 0.0597. The molecule has 1 N–H and O–H groups in total. The summed E-state index contributed by atoms with van der Waals surface area (Å²) in [6.07, 6.45) is 1.90. The Morgan fingerprint density at radius 3 is 2.72 bits per heavy atom. The zero-order valence-corrected chi connectivity index (χ0v) is 18.1. The van der Waals surface area contributed by atoms with Crippen molar-refractivity contribution >= 4 is 29.2 Å². The Balaban J connectivity index is 1.32. The van der Waals surface area contributed by atoms with Gasteiger partial charge in [0.15, 0.2) is 0 Å². The van der Waals surface area contributed by atoms with Crippen LogP contribution in [0.5, 0.6) is 5.75 Å². The largest absolute Gasteiger partial charge is 0.489 e. The number of amides is 1. The van der Waals surface area contributed by atoms with E-state index in [0.717, 1.165) is 46.5 Å². The summed E-state index contributed by atoms with van der Waals surface area (Å²) >= 11 is 5.99. The van der Waals surface area contributed by atoms with Crippen LogP contribution in [0.3, 0.4) is 0 Å². The second-order valence-corrected chi connectivity index (χ2v) is 8.73. The Hall–Kier alpha value is -3.31.